The number of rotatable bonds is 7. The molecule has 0 bridgehead atoms. The third kappa shape index (κ3) is 4.40. The van der Waals surface area contributed by atoms with E-state index in [1.165, 1.54) is 0 Å². The Labute approximate surface area is 115 Å². The van der Waals surface area contributed by atoms with Crippen molar-refractivity contribution < 1.29 is 5.11 Å². The zero-order valence-corrected chi connectivity index (χ0v) is 12.7. The van der Waals surface area contributed by atoms with Crippen molar-refractivity contribution in [3.8, 4) is 0 Å². The van der Waals surface area contributed by atoms with Gasteiger partial charge in [0.05, 0.1) is 17.0 Å². The minimum absolute atomic E-state index is 0.435. The Balaban J connectivity index is 2.76. The molecule has 0 saturated carbocycles. The Hall–Kier alpha value is -1.27. The zero-order valence-electron chi connectivity index (χ0n) is 12.7. The van der Waals surface area contributed by atoms with E-state index < -0.39 is 5.60 Å². The van der Waals surface area contributed by atoms with E-state index in [2.05, 4.69) is 17.3 Å². The van der Waals surface area contributed by atoms with E-state index in [9.17, 15) is 5.11 Å². The van der Waals surface area contributed by atoms with Gasteiger partial charge in [0.2, 0.25) is 0 Å². The molecule has 1 unspecified atom stereocenters. The number of nitrogens with two attached hydrogens (primary N) is 1. The highest BCUT2D eigenvalue weighted by Crippen LogP contribution is 2.23. The van der Waals surface area contributed by atoms with Gasteiger partial charge in [-0.15, -0.1) is 0 Å². The molecule has 0 saturated heterocycles. The van der Waals surface area contributed by atoms with Gasteiger partial charge in [-0.05, 0) is 34.4 Å². The number of hydrogen-bond donors (Lipinski definition) is 3. The van der Waals surface area contributed by atoms with E-state index in [1.807, 2.05) is 37.5 Å². The summed E-state index contributed by atoms with van der Waals surface area (Å²) in [6, 6.07) is 0. The molecule has 0 aliphatic rings. The van der Waals surface area contributed by atoms with Crippen molar-refractivity contribution in [3.05, 3.63) is 5.69 Å². The SMILES string of the molecule is CCCn1nc(C)c(N)c1NCC(C)(O)CN(C)C. The number of aromatic nitrogens is 2. The normalized spacial score (nSPS) is 14.7. The van der Waals surface area contributed by atoms with E-state index in [1.54, 1.807) is 0 Å². The van der Waals surface area contributed by atoms with E-state index in [4.69, 9.17) is 5.73 Å². The smallest absolute Gasteiger partial charge is 0.148 e. The van der Waals surface area contributed by atoms with Crippen LogP contribution in [0.25, 0.3) is 0 Å². The fourth-order valence-electron chi connectivity index (χ4n) is 2.17. The van der Waals surface area contributed by atoms with Crippen LogP contribution in [0.3, 0.4) is 0 Å². The molecule has 1 rings (SSSR count). The van der Waals surface area contributed by atoms with Gasteiger partial charge in [-0.2, -0.15) is 5.10 Å². The predicted molar refractivity (Wildman–Crippen MR) is 79.3 cm³/mol. The lowest BCUT2D eigenvalue weighted by Crippen LogP contribution is -2.43. The first-order valence-electron chi connectivity index (χ1n) is 6.70. The van der Waals surface area contributed by atoms with E-state index >= 15 is 0 Å². The highest BCUT2D eigenvalue weighted by atomic mass is 16.3. The maximum Gasteiger partial charge on any atom is 0.148 e. The largest absolute Gasteiger partial charge is 0.394 e. The lowest BCUT2D eigenvalue weighted by atomic mass is 10.1. The van der Waals surface area contributed by atoms with Crippen LogP contribution in [0, 0.1) is 6.92 Å². The van der Waals surface area contributed by atoms with Gasteiger partial charge in [0, 0.05) is 19.6 Å². The number of anilines is 2. The minimum Gasteiger partial charge on any atom is -0.394 e. The van der Waals surface area contributed by atoms with Crippen LogP contribution in [-0.4, -0.2) is 52.6 Å². The average Bonchev–Trinajstić information content (AvgIpc) is 2.51. The van der Waals surface area contributed by atoms with Gasteiger partial charge in [-0.1, -0.05) is 6.92 Å². The summed E-state index contributed by atoms with van der Waals surface area (Å²) in [6.07, 6.45) is 0.989. The second-order valence-corrected chi connectivity index (χ2v) is 5.66. The van der Waals surface area contributed by atoms with Crippen LogP contribution >= 0.6 is 0 Å². The topological polar surface area (TPSA) is 79.3 Å². The summed E-state index contributed by atoms with van der Waals surface area (Å²) in [7, 11) is 3.88. The van der Waals surface area contributed by atoms with E-state index in [0.29, 0.717) is 18.8 Å². The molecule has 6 nitrogen and oxygen atoms in total. The molecule has 0 aromatic carbocycles. The second-order valence-electron chi connectivity index (χ2n) is 5.66. The highest BCUT2D eigenvalue weighted by molar-refractivity contribution is 5.64. The van der Waals surface area contributed by atoms with Gasteiger partial charge < -0.3 is 21.1 Å². The summed E-state index contributed by atoms with van der Waals surface area (Å²) in [5.41, 5.74) is 6.70. The first-order chi connectivity index (χ1) is 8.76. The quantitative estimate of drug-likeness (QED) is 0.685. The summed E-state index contributed by atoms with van der Waals surface area (Å²) in [4.78, 5) is 1.96. The van der Waals surface area contributed by atoms with Gasteiger partial charge in [0.15, 0.2) is 0 Å². The molecular formula is C13H27N5O. The zero-order chi connectivity index (χ0) is 14.6. The molecule has 4 N–H and O–H groups in total. The maximum absolute atomic E-state index is 10.3. The number of hydrogen-bond acceptors (Lipinski definition) is 5. The van der Waals surface area contributed by atoms with Crippen molar-refractivity contribution in [1.29, 1.82) is 0 Å². The minimum atomic E-state index is -0.814. The molecule has 1 aromatic heterocycles. The van der Waals surface area contributed by atoms with Crippen LogP contribution in [0.4, 0.5) is 11.5 Å². The summed E-state index contributed by atoms with van der Waals surface area (Å²) >= 11 is 0. The number of nitrogens with one attached hydrogen (secondary N) is 1. The third-order valence-corrected chi connectivity index (χ3v) is 2.90. The molecule has 19 heavy (non-hydrogen) atoms. The Bertz CT molecular complexity index is 411. The standard InChI is InChI=1S/C13H27N5O/c1-6-7-18-12(11(14)10(2)16-18)15-8-13(3,19)9-17(4)5/h15,19H,6-9,14H2,1-5H3. The Morgan fingerprint density at radius 2 is 2.11 bits per heavy atom. The fraction of sp³-hybridized carbons (Fsp3) is 0.769. The Kier molecular flexibility index (Phi) is 5.20. The van der Waals surface area contributed by atoms with Gasteiger partial charge in [0.25, 0.3) is 0 Å². The van der Waals surface area contributed by atoms with E-state index in [0.717, 1.165) is 24.5 Å². The summed E-state index contributed by atoms with van der Waals surface area (Å²) in [5, 5.41) is 17.9. The van der Waals surface area contributed by atoms with Crippen molar-refractivity contribution in [2.24, 2.45) is 0 Å². The number of aryl methyl sites for hydroxylation is 2. The summed E-state index contributed by atoms with van der Waals surface area (Å²) in [6.45, 7) is 7.63. The lowest BCUT2D eigenvalue weighted by Gasteiger charge is -2.27. The van der Waals surface area contributed by atoms with E-state index in [-0.39, 0.29) is 0 Å². The van der Waals surface area contributed by atoms with Crippen LogP contribution in [0.2, 0.25) is 0 Å². The summed E-state index contributed by atoms with van der Waals surface area (Å²) < 4.78 is 1.87. The monoisotopic (exact) mass is 269 g/mol. The number of nitrogens with zero attached hydrogens (tertiary/aromatic N) is 3. The molecule has 0 aliphatic heterocycles. The summed E-state index contributed by atoms with van der Waals surface area (Å²) in [5.74, 6) is 0.804. The molecule has 0 aliphatic carbocycles. The van der Waals surface area contributed by atoms with Gasteiger partial charge >= 0.3 is 0 Å². The number of nitrogen functional groups attached to an aromatic ring is 1. The second kappa shape index (κ2) is 6.25. The average molecular weight is 269 g/mol. The van der Waals surface area contributed by atoms with Gasteiger partial charge in [-0.25, -0.2) is 4.68 Å². The lowest BCUT2D eigenvalue weighted by molar-refractivity contribution is 0.0458. The molecular weight excluding hydrogens is 242 g/mol. The fourth-order valence-corrected chi connectivity index (χ4v) is 2.17. The predicted octanol–water partition coefficient (Wildman–Crippen LogP) is 0.908. The van der Waals surface area contributed by atoms with Crippen molar-refractivity contribution >= 4 is 11.5 Å². The molecule has 0 fully saturated rings. The number of likely N-dealkylation sites (N-methyl/N-ethyl adjacent to an activating group) is 1. The van der Waals surface area contributed by atoms with Crippen LogP contribution in [-0.2, 0) is 6.54 Å². The maximum atomic E-state index is 10.3. The molecule has 1 heterocycles. The molecule has 1 atom stereocenters. The van der Waals surface area contributed by atoms with Gasteiger partial charge in [-0.3, -0.25) is 0 Å². The Morgan fingerprint density at radius 1 is 1.47 bits per heavy atom. The van der Waals surface area contributed by atoms with Crippen molar-refractivity contribution in [2.75, 3.05) is 38.2 Å². The Morgan fingerprint density at radius 3 is 2.63 bits per heavy atom. The first kappa shape index (κ1) is 15.8. The van der Waals surface area contributed by atoms with Crippen LogP contribution in [0.15, 0.2) is 0 Å². The number of aliphatic hydroxyl groups is 1. The molecule has 110 valence electrons. The van der Waals surface area contributed by atoms with Crippen molar-refractivity contribution in [1.82, 2.24) is 14.7 Å². The first-order valence-corrected chi connectivity index (χ1v) is 6.70. The highest BCUT2D eigenvalue weighted by Gasteiger charge is 2.22. The van der Waals surface area contributed by atoms with Gasteiger partial charge in [0.1, 0.15) is 5.82 Å². The van der Waals surface area contributed by atoms with Crippen molar-refractivity contribution in [2.45, 2.75) is 39.3 Å². The van der Waals surface area contributed by atoms with Crippen LogP contribution < -0.4 is 11.1 Å². The molecule has 0 radical (unpaired) electrons. The van der Waals surface area contributed by atoms with Crippen molar-refractivity contribution in [3.63, 3.8) is 0 Å². The molecule has 1 aromatic rings. The van der Waals surface area contributed by atoms with Crippen LogP contribution in [0.1, 0.15) is 26.0 Å². The molecule has 0 amide bonds. The van der Waals surface area contributed by atoms with Crippen LogP contribution in [0.5, 0.6) is 0 Å². The molecule has 0 spiro atoms. The molecule has 6 heteroatoms. The third-order valence-electron chi connectivity index (χ3n) is 2.90.